The van der Waals surface area contributed by atoms with E-state index in [2.05, 4.69) is 0 Å². The number of rotatable bonds is 1. The topological polar surface area (TPSA) is 63.4 Å². The Kier molecular flexibility index (Phi) is 2.08. The van der Waals surface area contributed by atoms with Crippen LogP contribution in [0.1, 0.15) is 13.3 Å². The van der Waals surface area contributed by atoms with E-state index < -0.39 is 0 Å². The van der Waals surface area contributed by atoms with E-state index in [1.165, 1.54) is 6.92 Å². The van der Waals surface area contributed by atoms with Gasteiger partial charge in [-0.15, -0.1) is 11.8 Å². The lowest BCUT2D eigenvalue weighted by molar-refractivity contribution is -0.135. The lowest BCUT2D eigenvalue weighted by Crippen LogP contribution is -2.43. The van der Waals surface area contributed by atoms with Gasteiger partial charge in [-0.1, -0.05) is 0 Å². The van der Waals surface area contributed by atoms with E-state index in [9.17, 15) is 9.59 Å². The van der Waals surface area contributed by atoms with Gasteiger partial charge in [-0.25, -0.2) is 0 Å². The average molecular weight is 200 g/mol. The first-order valence-corrected chi connectivity index (χ1v) is 5.36. The summed E-state index contributed by atoms with van der Waals surface area (Å²) in [4.78, 5) is 24.4. The van der Waals surface area contributed by atoms with Crippen molar-refractivity contribution in [3.8, 4) is 0 Å². The maximum Gasteiger partial charge on any atom is 0.241 e. The molecule has 72 valence electrons. The van der Waals surface area contributed by atoms with Gasteiger partial charge >= 0.3 is 0 Å². The van der Waals surface area contributed by atoms with Crippen LogP contribution in [0.4, 0.5) is 0 Å². The van der Waals surface area contributed by atoms with Crippen molar-refractivity contribution in [1.29, 1.82) is 0 Å². The van der Waals surface area contributed by atoms with Gasteiger partial charge < -0.3 is 10.6 Å². The molecule has 2 rings (SSSR count). The second kappa shape index (κ2) is 2.99. The molecule has 2 N–H and O–H groups in total. The molecule has 2 heterocycles. The third kappa shape index (κ3) is 1.26. The van der Waals surface area contributed by atoms with Crippen LogP contribution >= 0.6 is 11.8 Å². The number of thioether (sulfide) groups is 1. The van der Waals surface area contributed by atoms with Crippen LogP contribution in [0, 0.1) is 0 Å². The molecule has 1 amide bonds. The zero-order valence-corrected chi connectivity index (χ0v) is 8.21. The summed E-state index contributed by atoms with van der Waals surface area (Å²) in [5, 5.41) is 0.149. The van der Waals surface area contributed by atoms with E-state index >= 15 is 0 Å². The molecular weight excluding hydrogens is 188 g/mol. The largest absolute Gasteiger partial charge is 0.320 e. The Hall–Kier alpha value is -0.550. The molecule has 0 saturated carbocycles. The van der Waals surface area contributed by atoms with Gasteiger partial charge in [-0.3, -0.25) is 9.59 Å². The van der Waals surface area contributed by atoms with Crippen molar-refractivity contribution in [1.82, 2.24) is 4.90 Å². The minimum absolute atomic E-state index is 0.0600. The minimum atomic E-state index is -0.389. The number of ketones is 1. The Morgan fingerprint density at radius 2 is 2.38 bits per heavy atom. The Bertz CT molecular complexity index is 269. The van der Waals surface area contributed by atoms with Crippen LogP contribution in [0.15, 0.2) is 0 Å². The molecule has 2 fully saturated rings. The van der Waals surface area contributed by atoms with Gasteiger partial charge in [0.25, 0.3) is 0 Å². The zero-order valence-electron chi connectivity index (χ0n) is 7.40. The van der Waals surface area contributed by atoms with Gasteiger partial charge in [-0.05, 0) is 6.92 Å². The summed E-state index contributed by atoms with van der Waals surface area (Å²) in [5.74, 6) is 0.742. The average Bonchev–Trinajstić information content (AvgIpc) is 2.55. The van der Waals surface area contributed by atoms with Crippen LogP contribution in [0.3, 0.4) is 0 Å². The highest BCUT2D eigenvalue weighted by atomic mass is 32.2. The number of amides is 1. The van der Waals surface area contributed by atoms with E-state index in [1.807, 2.05) is 0 Å². The lowest BCUT2D eigenvalue weighted by Gasteiger charge is -2.20. The molecule has 0 bridgehead atoms. The minimum Gasteiger partial charge on any atom is -0.320 e. The Labute approximate surface area is 80.8 Å². The van der Waals surface area contributed by atoms with Crippen LogP contribution in [0.25, 0.3) is 0 Å². The second-order valence-electron chi connectivity index (χ2n) is 3.50. The van der Waals surface area contributed by atoms with E-state index in [-0.39, 0.29) is 29.1 Å². The summed E-state index contributed by atoms with van der Waals surface area (Å²) in [6, 6.07) is -0.615. The molecule has 0 spiro atoms. The molecule has 3 unspecified atom stereocenters. The summed E-state index contributed by atoms with van der Waals surface area (Å²) in [7, 11) is 0. The van der Waals surface area contributed by atoms with Gasteiger partial charge in [0, 0.05) is 12.2 Å². The standard InChI is InChI=1S/C8H12N2O2S/c1-4(11)6-3-13-7-2-5(9)8(12)10(6)7/h5-7H,2-3,9H2,1H3. The summed E-state index contributed by atoms with van der Waals surface area (Å²) in [6.07, 6.45) is 0.688. The Morgan fingerprint density at radius 3 is 3.00 bits per heavy atom. The molecule has 0 aromatic carbocycles. The van der Waals surface area contributed by atoms with Crippen molar-refractivity contribution in [2.75, 3.05) is 5.75 Å². The van der Waals surface area contributed by atoms with Crippen LogP contribution < -0.4 is 5.73 Å². The fraction of sp³-hybridized carbons (Fsp3) is 0.750. The zero-order chi connectivity index (χ0) is 9.59. The molecule has 0 aliphatic carbocycles. The SMILES string of the molecule is CC(=O)C1CSC2CC(N)C(=O)N21. The van der Waals surface area contributed by atoms with Crippen molar-refractivity contribution >= 4 is 23.5 Å². The van der Waals surface area contributed by atoms with Crippen molar-refractivity contribution in [3.63, 3.8) is 0 Å². The summed E-state index contributed by atoms with van der Waals surface area (Å²) < 4.78 is 0. The number of nitrogens with zero attached hydrogens (tertiary/aromatic N) is 1. The molecule has 2 aliphatic heterocycles. The number of carbonyl (C=O) groups is 2. The predicted molar refractivity (Wildman–Crippen MR) is 50.2 cm³/mol. The highest BCUT2D eigenvalue weighted by Crippen LogP contribution is 2.37. The number of carbonyl (C=O) groups excluding carboxylic acids is 2. The van der Waals surface area contributed by atoms with Gasteiger partial charge in [0.05, 0.1) is 11.4 Å². The molecule has 13 heavy (non-hydrogen) atoms. The maximum atomic E-state index is 11.5. The molecule has 0 radical (unpaired) electrons. The van der Waals surface area contributed by atoms with Gasteiger partial charge in [0.2, 0.25) is 5.91 Å². The molecule has 3 atom stereocenters. The summed E-state index contributed by atoms with van der Waals surface area (Å²) >= 11 is 1.66. The third-order valence-electron chi connectivity index (χ3n) is 2.59. The number of hydrogen-bond acceptors (Lipinski definition) is 4. The van der Waals surface area contributed by atoms with Gasteiger partial charge in [-0.2, -0.15) is 0 Å². The van der Waals surface area contributed by atoms with Crippen LogP contribution in [0.2, 0.25) is 0 Å². The van der Waals surface area contributed by atoms with E-state index in [0.717, 1.165) is 5.75 Å². The number of fused-ring (bicyclic) bond motifs is 1. The first-order valence-electron chi connectivity index (χ1n) is 4.31. The van der Waals surface area contributed by atoms with Gasteiger partial charge in [0.1, 0.15) is 6.04 Å². The molecule has 2 aliphatic rings. The normalized spacial score (nSPS) is 38.2. The third-order valence-corrected chi connectivity index (χ3v) is 3.90. The molecule has 4 nitrogen and oxygen atoms in total. The van der Waals surface area contributed by atoms with E-state index in [0.29, 0.717) is 6.42 Å². The summed E-state index contributed by atoms with van der Waals surface area (Å²) in [5.41, 5.74) is 5.62. The number of Topliss-reactive ketones (excluding diaryl/α,β-unsaturated/α-hetero) is 1. The lowest BCUT2D eigenvalue weighted by atomic mass is 10.2. The summed E-state index contributed by atoms with van der Waals surface area (Å²) in [6.45, 7) is 1.53. The van der Waals surface area contributed by atoms with Crippen molar-refractivity contribution in [2.45, 2.75) is 30.8 Å². The first kappa shape index (κ1) is 9.02. The fourth-order valence-electron chi connectivity index (χ4n) is 1.86. The highest BCUT2D eigenvalue weighted by molar-refractivity contribution is 8.00. The Morgan fingerprint density at radius 1 is 1.69 bits per heavy atom. The van der Waals surface area contributed by atoms with Crippen LogP contribution in [-0.2, 0) is 9.59 Å². The van der Waals surface area contributed by atoms with Gasteiger partial charge in [0.15, 0.2) is 5.78 Å². The molecular formula is C8H12N2O2S. The van der Waals surface area contributed by atoms with Crippen LogP contribution in [0.5, 0.6) is 0 Å². The highest BCUT2D eigenvalue weighted by Gasteiger charge is 2.47. The first-order chi connectivity index (χ1) is 6.11. The molecule has 2 saturated heterocycles. The van der Waals surface area contributed by atoms with Crippen molar-refractivity contribution in [3.05, 3.63) is 0 Å². The predicted octanol–water partition coefficient (Wildman–Crippen LogP) is -0.424. The smallest absolute Gasteiger partial charge is 0.241 e. The second-order valence-corrected chi connectivity index (χ2v) is 4.71. The number of nitrogens with two attached hydrogens (primary N) is 1. The fourth-order valence-corrected chi connectivity index (χ4v) is 3.42. The molecule has 0 aromatic rings. The van der Waals surface area contributed by atoms with Crippen molar-refractivity contribution in [2.24, 2.45) is 5.73 Å². The van der Waals surface area contributed by atoms with Crippen molar-refractivity contribution < 1.29 is 9.59 Å². The quantitative estimate of drug-likeness (QED) is 0.624. The molecule has 5 heteroatoms. The monoisotopic (exact) mass is 200 g/mol. The van der Waals surface area contributed by atoms with Crippen LogP contribution in [-0.4, -0.2) is 39.8 Å². The van der Waals surface area contributed by atoms with E-state index in [1.54, 1.807) is 16.7 Å². The Balaban J connectivity index is 2.21. The molecule has 0 aromatic heterocycles. The maximum absolute atomic E-state index is 11.5. The number of hydrogen-bond donors (Lipinski definition) is 1. The van der Waals surface area contributed by atoms with E-state index in [4.69, 9.17) is 5.73 Å².